The molecule has 0 bridgehead atoms. The van der Waals surface area contributed by atoms with Crippen LogP contribution < -0.4 is 5.32 Å². The van der Waals surface area contributed by atoms with Gasteiger partial charge in [-0.3, -0.25) is 14.6 Å². The summed E-state index contributed by atoms with van der Waals surface area (Å²) in [6.07, 6.45) is 3.77. The highest BCUT2D eigenvalue weighted by Gasteiger charge is 2.09. The average molecular weight is 483 g/mol. The number of pyridine rings is 1. The minimum Gasteiger partial charge on any atom is -0.481 e. The maximum Gasteiger partial charge on any atom is 0.307 e. The maximum atomic E-state index is 12.7. The van der Waals surface area contributed by atoms with E-state index in [0.29, 0.717) is 12.1 Å². The quantitative estimate of drug-likeness (QED) is 0.301. The zero-order valence-corrected chi connectivity index (χ0v) is 20.4. The van der Waals surface area contributed by atoms with E-state index in [1.54, 1.807) is 18.0 Å². The first-order valence-electron chi connectivity index (χ1n) is 11.2. The van der Waals surface area contributed by atoms with E-state index in [0.717, 1.165) is 44.0 Å². The Kier molecular flexibility index (Phi) is 7.63. The third-order valence-corrected chi connectivity index (χ3v) is 6.64. The maximum absolute atomic E-state index is 12.7. The van der Waals surface area contributed by atoms with E-state index in [1.807, 2.05) is 86.0 Å². The van der Waals surface area contributed by atoms with Gasteiger partial charge < -0.3 is 10.4 Å². The molecular formula is C29H26N2O3S. The number of carbonyl (C=O) groups excluding carboxylic acids is 1. The lowest BCUT2D eigenvalue weighted by atomic mass is 9.98. The molecule has 176 valence electrons. The third kappa shape index (κ3) is 6.16. The summed E-state index contributed by atoms with van der Waals surface area (Å²) in [7, 11) is 0. The Balaban J connectivity index is 1.48. The molecule has 0 saturated heterocycles. The smallest absolute Gasteiger partial charge is 0.307 e. The van der Waals surface area contributed by atoms with E-state index >= 15 is 0 Å². The monoisotopic (exact) mass is 482 g/mol. The topological polar surface area (TPSA) is 79.3 Å². The van der Waals surface area contributed by atoms with Crippen LogP contribution in [0.25, 0.3) is 22.3 Å². The van der Waals surface area contributed by atoms with Crippen LogP contribution in [0.2, 0.25) is 0 Å². The van der Waals surface area contributed by atoms with Gasteiger partial charge in [0.05, 0.1) is 18.7 Å². The van der Waals surface area contributed by atoms with Crippen molar-refractivity contribution in [2.75, 3.05) is 6.26 Å². The number of hydrogen-bond acceptors (Lipinski definition) is 4. The number of nitrogens with one attached hydrogen (secondary N) is 1. The summed E-state index contributed by atoms with van der Waals surface area (Å²) in [4.78, 5) is 29.1. The number of nitrogens with zero attached hydrogens (tertiary/aromatic N) is 1. The molecule has 2 N–H and O–H groups in total. The second kappa shape index (κ2) is 11.0. The van der Waals surface area contributed by atoms with Gasteiger partial charge >= 0.3 is 5.97 Å². The predicted molar refractivity (Wildman–Crippen MR) is 141 cm³/mol. The molecule has 0 aliphatic carbocycles. The fourth-order valence-corrected chi connectivity index (χ4v) is 4.49. The molecular weight excluding hydrogens is 456 g/mol. The minimum absolute atomic E-state index is 0.0132. The predicted octanol–water partition coefficient (Wildman–Crippen LogP) is 6.00. The third-order valence-electron chi connectivity index (χ3n) is 5.76. The standard InChI is InChI=1S/C29H26N2O3S/c1-19-6-9-25(17-27(19)35-2)29(34)31-18-26-16-24(12-13-30-26)23-5-3-4-22(15-23)21-10-7-20(8-11-21)14-28(32)33/h3-13,15-17H,14,18H2,1-2H3,(H,31,34)(H,32,33). The molecule has 0 aliphatic rings. The molecule has 1 amide bonds. The number of aliphatic carboxylic acids is 1. The lowest BCUT2D eigenvalue weighted by Crippen LogP contribution is -2.23. The number of thioether (sulfide) groups is 1. The van der Waals surface area contributed by atoms with Crippen molar-refractivity contribution in [2.24, 2.45) is 0 Å². The van der Waals surface area contributed by atoms with E-state index in [9.17, 15) is 9.59 Å². The number of aromatic nitrogens is 1. The molecule has 4 aromatic rings. The fourth-order valence-electron chi connectivity index (χ4n) is 3.86. The molecule has 4 rings (SSSR count). The molecule has 0 unspecified atom stereocenters. The largest absolute Gasteiger partial charge is 0.481 e. The van der Waals surface area contributed by atoms with Gasteiger partial charge in [0.25, 0.3) is 5.91 Å². The molecule has 1 aromatic heterocycles. The second-order valence-electron chi connectivity index (χ2n) is 8.25. The lowest BCUT2D eigenvalue weighted by molar-refractivity contribution is -0.136. The van der Waals surface area contributed by atoms with Gasteiger partial charge in [-0.05, 0) is 76.9 Å². The Morgan fingerprint density at radius 1 is 0.886 bits per heavy atom. The molecule has 0 atom stereocenters. The summed E-state index contributed by atoms with van der Waals surface area (Å²) in [5.74, 6) is -0.964. The van der Waals surface area contributed by atoms with Crippen LogP contribution in [-0.4, -0.2) is 28.2 Å². The van der Waals surface area contributed by atoms with Gasteiger partial charge in [0.15, 0.2) is 0 Å². The first-order chi connectivity index (χ1) is 16.9. The van der Waals surface area contributed by atoms with Crippen LogP contribution in [0.4, 0.5) is 0 Å². The number of aryl methyl sites for hydroxylation is 1. The Labute approximate surface area is 209 Å². The Hall–Kier alpha value is -3.90. The van der Waals surface area contributed by atoms with Crippen LogP contribution >= 0.6 is 11.8 Å². The summed E-state index contributed by atoms with van der Waals surface area (Å²) < 4.78 is 0. The summed E-state index contributed by atoms with van der Waals surface area (Å²) in [5, 5.41) is 11.9. The highest BCUT2D eigenvalue weighted by Crippen LogP contribution is 2.27. The van der Waals surface area contributed by atoms with Gasteiger partial charge in [0, 0.05) is 16.7 Å². The van der Waals surface area contributed by atoms with E-state index in [-0.39, 0.29) is 12.3 Å². The van der Waals surface area contributed by atoms with E-state index in [4.69, 9.17) is 5.11 Å². The number of hydrogen-bond donors (Lipinski definition) is 2. The van der Waals surface area contributed by atoms with E-state index < -0.39 is 5.97 Å². The van der Waals surface area contributed by atoms with Crippen LogP contribution in [-0.2, 0) is 17.8 Å². The molecule has 3 aromatic carbocycles. The van der Waals surface area contributed by atoms with E-state index in [2.05, 4.69) is 16.4 Å². The Morgan fingerprint density at radius 3 is 2.31 bits per heavy atom. The summed E-state index contributed by atoms with van der Waals surface area (Å²) in [5.41, 5.74) is 7.44. The second-order valence-corrected chi connectivity index (χ2v) is 9.10. The summed E-state index contributed by atoms with van der Waals surface area (Å²) in [6.45, 7) is 2.37. The fraction of sp³-hybridized carbons (Fsp3) is 0.138. The number of carboxylic acids is 1. The molecule has 1 heterocycles. The Morgan fingerprint density at radius 2 is 1.60 bits per heavy atom. The van der Waals surface area contributed by atoms with Gasteiger partial charge in [-0.2, -0.15) is 0 Å². The van der Waals surface area contributed by atoms with Crippen molar-refractivity contribution in [2.45, 2.75) is 24.8 Å². The molecule has 0 fully saturated rings. The number of benzene rings is 3. The summed E-state index contributed by atoms with van der Waals surface area (Å²) >= 11 is 1.63. The molecule has 0 aliphatic heterocycles. The van der Waals surface area contributed by atoms with Crippen LogP contribution in [0.15, 0.2) is 90.0 Å². The molecule has 0 saturated carbocycles. The number of carbonyl (C=O) groups is 2. The van der Waals surface area contributed by atoms with Gasteiger partial charge in [-0.25, -0.2) is 0 Å². The van der Waals surface area contributed by atoms with Crippen LogP contribution in [0.5, 0.6) is 0 Å². The molecule has 0 radical (unpaired) electrons. The number of carboxylic acid groups (broad SMARTS) is 1. The lowest BCUT2D eigenvalue weighted by Gasteiger charge is -2.10. The molecule has 5 nitrogen and oxygen atoms in total. The van der Waals surface area contributed by atoms with Crippen molar-refractivity contribution in [3.05, 3.63) is 107 Å². The summed E-state index contributed by atoms with van der Waals surface area (Å²) in [6, 6.07) is 25.4. The Bertz CT molecular complexity index is 1370. The van der Waals surface area contributed by atoms with Crippen molar-refractivity contribution in [3.63, 3.8) is 0 Å². The first kappa shape index (κ1) is 24.2. The van der Waals surface area contributed by atoms with Crippen molar-refractivity contribution >= 4 is 23.6 Å². The van der Waals surface area contributed by atoms with Crippen LogP contribution in [0.3, 0.4) is 0 Å². The highest BCUT2D eigenvalue weighted by molar-refractivity contribution is 7.98. The van der Waals surface area contributed by atoms with Gasteiger partial charge in [-0.1, -0.05) is 48.5 Å². The van der Waals surface area contributed by atoms with Crippen LogP contribution in [0.1, 0.15) is 27.2 Å². The zero-order chi connectivity index (χ0) is 24.8. The van der Waals surface area contributed by atoms with Gasteiger partial charge in [0.2, 0.25) is 0 Å². The van der Waals surface area contributed by atoms with Crippen molar-refractivity contribution in [1.29, 1.82) is 0 Å². The van der Waals surface area contributed by atoms with Crippen molar-refractivity contribution in [3.8, 4) is 22.3 Å². The van der Waals surface area contributed by atoms with Gasteiger partial charge in [-0.15, -0.1) is 11.8 Å². The highest BCUT2D eigenvalue weighted by atomic mass is 32.2. The van der Waals surface area contributed by atoms with Crippen LogP contribution in [0, 0.1) is 6.92 Å². The number of amides is 1. The van der Waals surface area contributed by atoms with Crippen molar-refractivity contribution in [1.82, 2.24) is 10.3 Å². The van der Waals surface area contributed by atoms with E-state index in [1.165, 1.54) is 0 Å². The van der Waals surface area contributed by atoms with Gasteiger partial charge in [0.1, 0.15) is 0 Å². The first-order valence-corrected chi connectivity index (χ1v) is 12.4. The zero-order valence-electron chi connectivity index (χ0n) is 19.6. The normalized spacial score (nSPS) is 10.7. The SMILES string of the molecule is CSc1cc(C(=O)NCc2cc(-c3cccc(-c4ccc(CC(=O)O)cc4)c3)ccn2)ccc1C. The number of rotatable bonds is 8. The minimum atomic E-state index is -0.840. The van der Waals surface area contributed by atoms with Crippen molar-refractivity contribution < 1.29 is 14.7 Å². The molecule has 6 heteroatoms. The molecule has 0 spiro atoms. The average Bonchev–Trinajstić information content (AvgIpc) is 2.88. The molecule has 35 heavy (non-hydrogen) atoms.